The van der Waals surface area contributed by atoms with Crippen molar-refractivity contribution in [1.82, 2.24) is 20.3 Å². The molecule has 100 valence electrons. The van der Waals surface area contributed by atoms with Gasteiger partial charge in [0.05, 0.1) is 17.9 Å². The van der Waals surface area contributed by atoms with Crippen LogP contribution in [0.3, 0.4) is 0 Å². The first-order chi connectivity index (χ1) is 9.20. The first kappa shape index (κ1) is 13.5. The van der Waals surface area contributed by atoms with E-state index in [4.69, 9.17) is 0 Å². The molecule has 19 heavy (non-hydrogen) atoms. The average molecular weight is 256 g/mol. The van der Waals surface area contributed by atoms with Crippen LogP contribution in [0.2, 0.25) is 0 Å². The molecule has 0 saturated carbocycles. The Kier molecular flexibility index (Phi) is 4.47. The first-order valence-corrected chi connectivity index (χ1v) is 6.50. The molecule has 4 nitrogen and oxygen atoms in total. The van der Waals surface area contributed by atoms with Gasteiger partial charge in [-0.15, -0.1) is 6.58 Å². The number of aromatic nitrogens is 3. The lowest BCUT2D eigenvalue weighted by molar-refractivity contribution is 0.529. The highest BCUT2D eigenvalue weighted by Gasteiger charge is 2.13. The van der Waals surface area contributed by atoms with E-state index >= 15 is 0 Å². The Morgan fingerprint density at radius 2 is 2.11 bits per heavy atom. The Morgan fingerprint density at radius 1 is 1.37 bits per heavy atom. The highest BCUT2D eigenvalue weighted by molar-refractivity contribution is 5.28. The van der Waals surface area contributed by atoms with E-state index in [9.17, 15) is 0 Å². The summed E-state index contributed by atoms with van der Waals surface area (Å²) in [5.41, 5.74) is 3.13. The third kappa shape index (κ3) is 3.51. The summed E-state index contributed by atoms with van der Waals surface area (Å²) in [7, 11) is 1.95. The van der Waals surface area contributed by atoms with Gasteiger partial charge in [0.15, 0.2) is 0 Å². The smallest absolute Gasteiger partial charge is 0.100 e. The van der Waals surface area contributed by atoms with Gasteiger partial charge < -0.3 is 5.32 Å². The van der Waals surface area contributed by atoms with Crippen LogP contribution in [0.1, 0.15) is 31.5 Å². The molecular weight excluding hydrogens is 236 g/mol. The molecule has 0 saturated heterocycles. The lowest BCUT2D eigenvalue weighted by Gasteiger charge is -2.12. The van der Waals surface area contributed by atoms with Gasteiger partial charge in [0.1, 0.15) is 5.69 Å². The van der Waals surface area contributed by atoms with Gasteiger partial charge in [-0.05, 0) is 38.9 Å². The molecule has 1 aromatic heterocycles. The molecule has 1 aromatic carbocycles. The fourth-order valence-electron chi connectivity index (χ4n) is 1.95. The predicted octanol–water partition coefficient (Wildman–Crippen LogP) is 2.88. The standard InChI is InChI=1S/C15H20N4/c1-12(2)9-10-14(16-3)15-11-17-19(18-15)13-7-5-4-6-8-13/h4-8,11,14,16H,1,9-10H2,2-3H3. The summed E-state index contributed by atoms with van der Waals surface area (Å²) < 4.78 is 0. The summed E-state index contributed by atoms with van der Waals surface area (Å²) in [6.45, 7) is 5.99. The van der Waals surface area contributed by atoms with Crippen molar-refractivity contribution in [3.05, 3.63) is 54.4 Å². The zero-order chi connectivity index (χ0) is 13.7. The van der Waals surface area contributed by atoms with Crippen LogP contribution in [0.15, 0.2) is 48.7 Å². The fourth-order valence-corrected chi connectivity index (χ4v) is 1.95. The maximum Gasteiger partial charge on any atom is 0.100 e. The molecule has 1 N–H and O–H groups in total. The van der Waals surface area contributed by atoms with Crippen molar-refractivity contribution in [3.8, 4) is 5.69 Å². The lowest BCUT2D eigenvalue weighted by Crippen LogP contribution is -2.17. The number of hydrogen-bond donors (Lipinski definition) is 1. The van der Waals surface area contributed by atoms with Crippen molar-refractivity contribution in [2.24, 2.45) is 0 Å². The van der Waals surface area contributed by atoms with Gasteiger partial charge in [-0.2, -0.15) is 15.0 Å². The zero-order valence-electron chi connectivity index (χ0n) is 11.5. The van der Waals surface area contributed by atoms with Crippen LogP contribution in [0, 0.1) is 0 Å². The topological polar surface area (TPSA) is 42.7 Å². The number of nitrogens with zero attached hydrogens (tertiary/aromatic N) is 3. The molecule has 0 aliphatic heterocycles. The number of benzene rings is 1. The van der Waals surface area contributed by atoms with Gasteiger partial charge in [0.2, 0.25) is 0 Å². The molecule has 0 aliphatic rings. The van der Waals surface area contributed by atoms with E-state index in [1.54, 1.807) is 4.80 Å². The number of para-hydroxylation sites is 1. The van der Waals surface area contributed by atoms with Gasteiger partial charge in [-0.3, -0.25) is 0 Å². The molecule has 0 amide bonds. The molecule has 0 radical (unpaired) electrons. The third-order valence-electron chi connectivity index (χ3n) is 3.06. The normalized spacial score (nSPS) is 12.3. The summed E-state index contributed by atoms with van der Waals surface area (Å²) in [4.78, 5) is 1.67. The Hall–Kier alpha value is -1.94. The van der Waals surface area contributed by atoms with Crippen LogP contribution < -0.4 is 5.32 Å². The first-order valence-electron chi connectivity index (χ1n) is 6.50. The second kappa shape index (κ2) is 6.29. The Balaban J connectivity index is 2.13. The molecule has 1 heterocycles. The molecule has 1 unspecified atom stereocenters. The lowest BCUT2D eigenvalue weighted by atomic mass is 10.1. The van der Waals surface area contributed by atoms with Crippen molar-refractivity contribution >= 4 is 0 Å². The second-order valence-electron chi connectivity index (χ2n) is 4.73. The van der Waals surface area contributed by atoms with Crippen molar-refractivity contribution in [2.75, 3.05) is 7.05 Å². The largest absolute Gasteiger partial charge is 0.312 e. The molecule has 0 aliphatic carbocycles. The maximum atomic E-state index is 4.54. The molecule has 1 atom stereocenters. The van der Waals surface area contributed by atoms with Crippen molar-refractivity contribution < 1.29 is 0 Å². The van der Waals surface area contributed by atoms with Gasteiger partial charge in [-0.1, -0.05) is 23.8 Å². The van der Waals surface area contributed by atoms with Crippen LogP contribution in [-0.4, -0.2) is 22.0 Å². The van der Waals surface area contributed by atoms with Gasteiger partial charge in [0, 0.05) is 0 Å². The van der Waals surface area contributed by atoms with E-state index < -0.39 is 0 Å². The summed E-state index contributed by atoms with van der Waals surface area (Å²) in [5, 5.41) is 12.2. The van der Waals surface area contributed by atoms with E-state index in [0.29, 0.717) is 0 Å². The van der Waals surface area contributed by atoms with E-state index in [0.717, 1.165) is 24.2 Å². The van der Waals surface area contributed by atoms with E-state index in [-0.39, 0.29) is 6.04 Å². The molecule has 4 heteroatoms. The minimum atomic E-state index is 0.217. The summed E-state index contributed by atoms with van der Waals surface area (Å²) >= 11 is 0. The Labute approximate surface area is 114 Å². The van der Waals surface area contributed by atoms with Gasteiger partial charge in [-0.25, -0.2) is 0 Å². The summed E-state index contributed by atoms with van der Waals surface area (Å²) in [6, 6.07) is 10.1. The average Bonchev–Trinajstić information content (AvgIpc) is 2.90. The third-order valence-corrected chi connectivity index (χ3v) is 3.06. The monoisotopic (exact) mass is 256 g/mol. The summed E-state index contributed by atoms with van der Waals surface area (Å²) in [5.74, 6) is 0. The minimum absolute atomic E-state index is 0.217. The number of allylic oxidation sites excluding steroid dienone is 1. The molecule has 2 aromatic rings. The van der Waals surface area contributed by atoms with Crippen LogP contribution >= 0.6 is 0 Å². The Morgan fingerprint density at radius 3 is 2.74 bits per heavy atom. The number of rotatable bonds is 6. The SMILES string of the molecule is C=C(C)CCC(NC)c1cnn(-c2ccccc2)n1. The summed E-state index contributed by atoms with van der Waals surface area (Å²) in [6.07, 6.45) is 3.80. The quantitative estimate of drug-likeness (QED) is 0.808. The van der Waals surface area contributed by atoms with Crippen LogP contribution in [0.5, 0.6) is 0 Å². The number of hydrogen-bond acceptors (Lipinski definition) is 3. The molecule has 2 rings (SSSR count). The van der Waals surface area contributed by atoms with Crippen molar-refractivity contribution in [3.63, 3.8) is 0 Å². The van der Waals surface area contributed by atoms with Crippen LogP contribution in [0.4, 0.5) is 0 Å². The van der Waals surface area contributed by atoms with Crippen LogP contribution in [0.25, 0.3) is 5.69 Å². The van der Waals surface area contributed by atoms with Crippen molar-refractivity contribution in [1.29, 1.82) is 0 Å². The number of nitrogens with one attached hydrogen (secondary N) is 1. The molecule has 0 fully saturated rings. The minimum Gasteiger partial charge on any atom is -0.312 e. The molecule has 0 spiro atoms. The van der Waals surface area contributed by atoms with E-state index in [2.05, 4.69) is 22.1 Å². The van der Waals surface area contributed by atoms with Crippen LogP contribution in [-0.2, 0) is 0 Å². The van der Waals surface area contributed by atoms with E-state index in [1.165, 1.54) is 5.57 Å². The second-order valence-corrected chi connectivity index (χ2v) is 4.73. The molecular formula is C15H20N4. The van der Waals surface area contributed by atoms with E-state index in [1.807, 2.05) is 50.5 Å². The highest BCUT2D eigenvalue weighted by Crippen LogP contribution is 2.18. The predicted molar refractivity (Wildman–Crippen MR) is 77.2 cm³/mol. The zero-order valence-corrected chi connectivity index (χ0v) is 11.5. The van der Waals surface area contributed by atoms with Gasteiger partial charge >= 0.3 is 0 Å². The Bertz CT molecular complexity index is 530. The van der Waals surface area contributed by atoms with Crippen molar-refractivity contribution in [2.45, 2.75) is 25.8 Å². The fraction of sp³-hybridized carbons (Fsp3) is 0.333. The van der Waals surface area contributed by atoms with Gasteiger partial charge in [0.25, 0.3) is 0 Å². The maximum absolute atomic E-state index is 4.54. The highest BCUT2D eigenvalue weighted by atomic mass is 15.5. The molecule has 0 bridgehead atoms.